The quantitative estimate of drug-likeness (QED) is 0.314. The van der Waals surface area contributed by atoms with Crippen LogP contribution in [0, 0.1) is 16.7 Å². The number of nitrogens with zero attached hydrogens (tertiary/aromatic N) is 2. The Bertz CT molecular complexity index is 1660. The molecular formula is C36H43FN6O4. The number of carbonyl (C=O) groups excluding carboxylic acids is 4. The minimum absolute atomic E-state index is 0.105. The highest BCUT2D eigenvalue weighted by molar-refractivity contribution is 5.96. The van der Waals surface area contributed by atoms with E-state index in [1.54, 1.807) is 11.0 Å². The fourth-order valence-corrected chi connectivity index (χ4v) is 7.36. The Labute approximate surface area is 274 Å². The van der Waals surface area contributed by atoms with Gasteiger partial charge in [-0.1, -0.05) is 37.3 Å². The molecule has 6 rings (SSSR count). The largest absolute Gasteiger partial charge is 0.385 e. The maximum atomic E-state index is 14.3. The van der Waals surface area contributed by atoms with Crippen molar-refractivity contribution in [2.24, 2.45) is 22.5 Å². The molecule has 4 amide bonds. The molecular weight excluding hydrogens is 599 g/mol. The van der Waals surface area contributed by atoms with Crippen LogP contribution >= 0.6 is 0 Å². The average molecular weight is 643 g/mol. The highest BCUT2D eigenvalue weighted by Gasteiger charge is 2.51. The first-order valence-corrected chi connectivity index (χ1v) is 16.4. The molecule has 2 aromatic rings. The number of rotatable bonds is 10. The molecule has 5 N–H and O–H groups in total. The number of likely N-dealkylation sites (tertiary alicyclic amines) is 1. The number of fused-ring (bicyclic) bond motifs is 1. The van der Waals surface area contributed by atoms with Crippen LogP contribution in [0.5, 0.6) is 0 Å². The lowest BCUT2D eigenvalue weighted by atomic mass is 9.78. The number of carbonyl (C=O) groups is 4. The van der Waals surface area contributed by atoms with Crippen molar-refractivity contribution < 1.29 is 23.6 Å². The molecule has 1 saturated carbocycles. The predicted octanol–water partition coefficient (Wildman–Crippen LogP) is 3.28. The van der Waals surface area contributed by atoms with Gasteiger partial charge in [0.2, 0.25) is 23.6 Å². The van der Waals surface area contributed by atoms with Crippen molar-refractivity contribution in [2.75, 3.05) is 32.0 Å². The van der Waals surface area contributed by atoms with Gasteiger partial charge >= 0.3 is 0 Å². The number of benzene rings is 2. The maximum Gasteiger partial charge on any atom is 0.244 e. The van der Waals surface area contributed by atoms with Gasteiger partial charge in [-0.25, -0.2) is 4.39 Å². The SMILES string of the molecule is CNCc1ccccc1CN(CC(=O)Nc1ccc2c(c1)CC1(C2)C(=O)NC(N)=C1/C=C\F)C(=O)C1(C)CCN(C(=O)C2CC2)CC1. The van der Waals surface area contributed by atoms with Gasteiger partial charge in [-0.05, 0) is 86.0 Å². The molecule has 0 aromatic heterocycles. The average Bonchev–Trinajstić information content (AvgIpc) is 3.79. The van der Waals surface area contributed by atoms with Gasteiger partial charge in [0.25, 0.3) is 0 Å². The molecule has 47 heavy (non-hydrogen) atoms. The molecule has 0 radical (unpaired) electrons. The number of hydrogen-bond acceptors (Lipinski definition) is 6. The van der Waals surface area contributed by atoms with Crippen LogP contribution in [-0.2, 0) is 45.1 Å². The second-order valence-corrected chi connectivity index (χ2v) is 13.7. The van der Waals surface area contributed by atoms with Crippen molar-refractivity contribution in [3.8, 4) is 0 Å². The minimum Gasteiger partial charge on any atom is -0.385 e. The van der Waals surface area contributed by atoms with E-state index in [4.69, 9.17) is 5.73 Å². The summed E-state index contributed by atoms with van der Waals surface area (Å²) in [7, 11) is 1.87. The van der Waals surface area contributed by atoms with E-state index in [0.29, 0.717) is 62.9 Å². The number of hydrogen-bond donors (Lipinski definition) is 4. The van der Waals surface area contributed by atoms with Crippen LogP contribution in [0.2, 0.25) is 0 Å². The van der Waals surface area contributed by atoms with Crippen molar-refractivity contribution in [1.82, 2.24) is 20.4 Å². The van der Waals surface area contributed by atoms with Crippen LogP contribution in [0.1, 0.15) is 54.9 Å². The molecule has 2 heterocycles. The summed E-state index contributed by atoms with van der Waals surface area (Å²) in [5.74, 6) is -0.228. The van der Waals surface area contributed by atoms with Gasteiger partial charge in [-0.2, -0.15) is 0 Å². The Balaban J connectivity index is 1.19. The van der Waals surface area contributed by atoms with Crippen LogP contribution in [0.15, 0.2) is 66.3 Å². The zero-order valence-corrected chi connectivity index (χ0v) is 27.0. The number of allylic oxidation sites excluding steroid dienone is 1. The molecule has 1 spiro atoms. The van der Waals surface area contributed by atoms with Crippen molar-refractivity contribution in [1.29, 1.82) is 0 Å². The van der Waals surface area contributed by atoms with Gasteiger partial charge in [-0.15, -0.1) is 0 Å². The molecule has 2 fully saturated rings. The van der Waals surface area contributed by atoms with E-state index in [9.17, 15) is 23.6 Å². The zero-order valence-electron chi connectivity index (χ0n) is 27.0. The molecule has 10 nitrogen and oxygen atoms in total. The Hall–Kier alpha value is -4.51. The first-order chi connectivity index (χ1) is 22.6. The Morgan fingerprint density at radius 3 is 2.47 bits per heavy atom. The lowest BCUT2D eigenvalue weighted by molar-refractivity contribution is -0.149. The lowest BCUT2D eigenvalue weighted by Crippen LogP contribution is -2.51. The van der Waals surface area contributed by atoms with E-state index in [1.807, 2.05) is 55.3 Å². The Kier molecular flexibility index (Phi) is 8.93. The molecule has 2 aromatic carbocycles. The van der Waals surface area contributed by atoms with Crippen LogP contribution in [0.25, 0.3) is 0 Å². The topological polar surface area (TPSA) is 137 Å². The summed E-state index contributed by atoms with van der Waals surface area (Å²) in [4.78, 5) is 57.0. The van der Waals surface area contributed by atoms with Crippen molar-refractivity contribution in [3.63, 3.8) is 0 Å². The molecule has 4 aliphatic rings. The zero-order chi connectivity index (χ0) is 33.3. The van der Waals surface area contributed by atoms with E-state index in [0.717, 1.165) is 35.1 Å². The smallest absolute Gasteiger partial charge is 0.244 e. The minimum atomic E-state index is -0.990. The van der Waals surface area contributed by atoms with Crippen LogP contribution in [-0.4, -0.2) is 60.1 Å². The molecule has 2 aliphatic carbocycles. The summed E-state index contributed by atoms with van der Waals surface area (Å²) in [6.07, 6.45) is 5.30. The monoisotopic (exact) mass is 642 g/mol. The van der Waals surface area contributed by atoms with Gasteiger partial charge in [0.05, 0.1) is 11.7 Å². The lowest BCUT2D eigenvalue weighted by Gasteiger charge is -2.41. The van der Waals surface area contributed by atoms with Crippen LogP contribution in [0.4, 0.5) is 10.1 Å². The third-order valence-corrected chi connectivity index (χ3v) is 10.3. The fourth-order valence-electron chi connectivity index (χ4n) is 7.36. The molecule has 1 saturated heterocycles. The van der Waals surface area contributed by atoms with E-state index in [2.05, 4.69) is 16.0 Å². The first kappa shape index (κ1) is 32.4. The predicted molar refractivity (Wildman–Crippen MR) is 176 cm³/mol. The van der Waals surface area contributed by atoms with E-state index >= 15 is 0 Å². The van der Waals surface area contributed by atoms with E-state index in [-0.39, 0.29) is 48.5 Å². The second kappa shape index (κ2) is 12.9. The number of nitrogens with two attached hydrogens (primary N) is 1. The number of anilines is 1. The van der Waals surface area contributed by atoms with Crippen LogP contribution < -0.4 is 21.7 Å². The van der Waals surface area contributed by atoms with Crippen molar-refractivity contribution >= 4 is 29.3 Å². The maximum absolute atomic E-state index is 14.3. The molecule has 2 aliphatic heterocycles. The molecule has 0 bridgehead atoms. The van der Waals surface area contributed by atoms with Crippen molar-refractivity contribution in [3.05, 3.63) is 88.5 Å². The summed E-state index contributed by atoms with van der Waals surface area (Å²) < 4.78 is 13.2. The number of halogens is 1. The molecule has 248 valence electrons. The van der Waals surface area contributed by atoms with Gasteiger partial charge in [0.1, 0.15) is 12.4 Å². The highest BCUT2D eigenvalue weighted by atomic mass is 19.1. The van der Waals surface area contributed by atoms with E-state index in [1.165, 1.54) is 6.08 Å². The number of nitrogens with one attached hydrogen (secondary N) is 3. The standard InChI is InChI=1S/C36H43FN6O4/c1-35(12-15-42(16-13-35)32(45)23-7-8-23)34(47)43(21-26-6-4-3-5-25(26)20-39-2)22-30(44)40-28-10-9-24-18-36(19-27(24)17-28)29(11-14-37)31(38)41-33(36)46/h3-6,9-11,14,17,23,39H,7-8,12-13,15-16,18-22,38H2,1-2H3,(H,40,44)(H,41,46)/b14-11-. The number of piperidine rings is 1. The second-order valence-electron chi connectivity index (χ2n) is 13.7. The third-order valence-electron chi connectivity index (χ3n) is 10.3. The summed E-state index contributed by atoms with van der Waals surface area (Å²) >= 11 is 0. The third kappa shape index (κ3) is 6.41. The van der Waals surface area contributed by atoms with E-state index < -0.39 is 10.8 Å². The van der Waals surface area contributed by atoms with Gasteiger partial charge in [0.15, 0.2) is 0 Å². The van der Waals surface area contributed by atoms with Gasteiger partial charge in [-0.3, -0.25) is 19.2 Å². The van der Waals surface area contributed by atoms with Gasteiger partial charge in [0, 0.05) is 48.8 Å². The first-order valence-electron chi connectivity index (χ1n) is 16.4. The highest BCUT2D eigenvalue weighted by Crippen LogP contribution is 2.47. The Morgan fingerprint density at radius 1 is 1.09 bits per heavy atom. The number of amides is 4. The summed E-state index contributed by atoms with van der Waals surface area (Å²) in [5.41, 5.74) is 9.08. The summed E-state index contributed by atoms with van der Waals surface area (Å²) in [6.45, 7) is 3.75. The van der Waals surface area contributed by atoms with Gasteiger partial charge < -0.3 is 31.5 Å². The van der Waals surface area contributed by atoms with Crippen LogP contribution in [0.3, 0.4) is 0 Å². The Morgan fingerprint density at radius 2 is 1.79 bits per heavy atom. The van der Waals surface area contributed by atoms with Crippen molar-refractivity contribution in [2.45, 2.75) is 58.5 Å². The molecule has 1 atom stereocenters. The molecule has 1 unspecified atom stereocenters. The summed E-state index contributed by atoms with van der Waals surface area (Å²) in [5, 5.41) is 8.79. The molecule has 11 heteroatoms. The summed E-state index contributed by atoms with van der Waals surface area (Å²) in [6, 6.07) is 13.4. The normalized spacial score (nSPS) is 21.7. The fraction of sp³-hybridized carbons (Fsp3) is 0.444.